The number of nitrogens with zero attached hydrogens (tertiary/aromatic N) is 1. The predicted molar refractivity (Wildman–Crippen MR) is 70.2 cm³/mol. The van der Waals surface area contributed by atoms with E-state index in [-0.39, 0.29) is 0 Å². The van der Waals surface area contributed by atoms with Crippen LogP contribution in [-0.2, 0) is 0 Å². The summed E-state index contributed by atoms with van der Waals surface area (Å²) < 4.78 is 11.2. The lowest BCUT2D eigenvalue weighted by Crippen LogP contribution is -2.18. The zero-order valence-electron chi connectivity index (χ0n) is 10.7. The average Bonchev–Trinajstić information content (AvgIpc) is 2.85. The van der Waals surface area contributed by atoms with E-state index in [1.54, 1.807) is 0 Å². The Labute approximate surface area is 103 Å². The van der Waals surface area contributed by atoms with Gasteiger partial charge >= 0.3 is 0 Å². The summed E-state index contributed by atoms with van der Waals surface area (Å²) in [5.74, 6) is 1.90. The van der Waals surface area contributed by atoms with Gasteiger partial charge in [0.1, 0.15) is 11.5 Å². The Morgan fingerprint density at radius 1 is 1.06 bits per heavy atom. The van der Waals surface area contributed by atoms with Crippen LogP contribution in [0.1, 0.15) is 26.7 Å². The topological polar surface area (TPSA) is 21.7 Å². The summed E-state index contributed by atoms with van der Waals surface area (Å²) in [6, 6.07) is 6.09. The normalized spacial score (nSPS) is 15.1. The summed E-state index contributed by atoms with van der Waals surface area (Å²) in [7, 11) is 0. The molecule has 1 saturated heterocycles. The second kappa shape index (κ2) is 5.80. The van der Waals surface area contributed by atoms with E-state index in [0.29, 0.717) is 13.2 Å². The van der Waals surface area contributed by atoms with E-state index >= 15 is 0 Å². The van der Waals surface area contributed by atoms with Gasteiger partial charge in [0.05, 0.1) is 18.9 Å². The molecule has 1 aliphatic heterocycles. The highest BCUT2D eigenvalue weighted by atomic mass is 16.5. The summed E-state index contributed by atoms with van der Waals surface area (Å²) in [6.07, 6.45) is 2.54. The van der Waals surface area contributed by atoms with Crippen molar-refractivity contribution in [3.8, 4) is 11.5 Å². The van der Waals surface area contributed by atoms with Crippen molar-refractivity contribution in [1.82, 2.24) is 0 Å². The molecule has 1 aromatic carbocycles. The molecule has 2 rings (SSSR count). The summed E-state index contributed by atoms with van der Waals surface area (Å²) in [6.45, 7) is 7.67. The van der Waals surface area contributed by atoms with Crippen molar-refractivity contribution in [2.24, 2.45) is 0 Å². The lowest BCUT2D eigenvalue weighted by Gasteiger charge is -2.22. The van der Waals surface area contributed by atoms with E-state index in [0.717, 1.165) is 24.6 Å². The van der Waals surface area contributed by atoms with Gasteiger partial charge in [-0.3, -0.25) is 0 Å². The van der Waals surface area contributed by atoms with E-state index in [2.05, 4.69) is 11.0 Å². The molecule has 1 heterocycles. The second-order valence-electron chi connectivity index (χ2n) is 4.19. The van der Waals surface area contributed by atoms with Gasteiger partial charge in [0.25, 0.3) is 0 Å². The molecule has 0 saturated carbocycles. The molecule has 3 nitrogen and oxygen atoms in total. The molecule has 1 fully saturated rings. The third kappa shape index (κ3) is 2.84. The highest BCUT2D eigenvalue weighted by molar-refractivity contribution is 5.62. The highest BCUT2D eigenvalue weighted by Gasteiger charge is 2.17. The molecule has 0 radical (unpaired) electrons. The first-order chi connectivity index (χ1) is 8.35. The molecule has 1 aromatic rings. The van der Waals surface area contributed by atoms with Crippen molar-refractivity contribution < 1.29 is 9.47 Å². The first-order valence-electron chi connectivity index (χ1n) is 6.49. The van der Waals surface area contributed by atoms with Crippen molar-refractivity contribution in [3.05, 3.63) is 18.2 Å². The van der Waals surface area contributed by atoms with Crippen LogP contribution >= 0.6 is 0 Å². The fourth-order valence-corrected chi connectivity index (χ4v) is 2.24. The molecule has 0 bridgehead atoms. The Morgan fingerprint density at radius 2 is 1.76 bits per heavy atom. The standard InChI is InChI=1S/C14H21NO2/c1-3-16-12-7-8-14(17-4-2)13(11-12)15-9-5-6-10-15/h7-8,11H,3-6,9-10H2,1-2H3. The van der Waals surface area contributed by atoms with Crippen LogP contribution in [0.3, 0.4) is 0 Å². The molecule has 0 aromatic heterocycles. The third-order valence-electron chi connectivity index (χ3n) is 2.99. The fraction of sp³-hybridized carbons (Fsp3) is 0.571. The maximum atomic E-state index is 5.69. The molecular weight excluding hydrogens is 214 g/mol. The minimum atomic E-state index is 0.702. The van der Waals surface area contributed by atoms with E-state index in [9.17, 15) is 0 Å². The van der Waals surface area contributed by atoms with Gasteiger partial charge in [0.15, 0.2) is 0 Å². The molecule has 17 heavy (non-hydrogen) atoms. The maximum Gasteiger partial charge on any atom is 0.142 e. The Morgan fingerprint density at radius 3 is 2.41 bits per heavy atom. The Hall–Kier alpha value is -1.38. The molecule has 0 N–H and O–H groups in total. The van der Waals surface area contributed by atoms with Gasteiger partial charge < -0.3 is 14.4 Å². The minimum Gasteiger partial charge on any atom is -0.494 e. The van der Waals surface area contributed by atoms with E-state index in [1.165, 1.54) is 18.5 Å². The van der Waals surface area contributed by atoms with Gasteiger partial charge in [-0.05, 0) is 38.8 Å². The van der Waals surface area contributed by atoms with Crippen molar-refractivity contribution in [3.63, 3.8) is 0 Å². The molecule has 0 aliphatic carbocycles. The van der Waals surface area contributed by atoms with E-state index in [1.807, 2.05) is 26.0 Å². The summed E-state index contributed by atoms with van der Waals surface area (Å²) >= 11 is 0. The molecular formula is C14H21NO2. The van der Waals surface area contributed by atoms with Crippen LogP contribution in [0.2, 0.25) is 0 Å². The third-order valence-corrected chi connectivity index (χ3v) is 2.99. The first-order valence-corrected chi connectivity index (χ1v) is 6.49. The number of anilines is 1. The monoisotopic (exact) mass is 235 g/mol. The second-order valence-corrected chi connectivity index (χ2v) is 4.19. The van der Waals surface area contributed by atoms with Gasteiger partial charge in [-0.2, -0.15) is 0 Å². The van der Waals surface area contributed by atoms with Gasteiger partial charge in [0, 0.05) is 19.2 Å². The summed E-state index contributed by atoms with van der Waals surface area (Å²) in [4.78, 5) is 2.38. The average molecular weight is 235 g/mol. The van der Waals surface area contributed by atoms with Crippen molar-refractivity contribution in [1.29, 1.82) is 0 Å². The zero-order valence-corrected chi connectivity index (χ0v) is 10.7. The quantitative estimate of drug-likeness (QED) is 0.783. The molecule has 1 aliphatic rings. The lowest BCUT2D eigenvalue weighted by atomic mass is 10.2. The molecule has 0 atom stereocenters. The fourth-order valence-electron chi connectivity index (χ4n) is 2.24. The smallest absolute Gasteiger partial charge is 0.142 e. The van der Waals surface area contributed by atoms with Crippen LogP contribution < -0.4 is 14.4 Å². The Bertz CT molecular complexity index is 359. The molecule has 94 valence electrons. The number of ether oxygens (including phenoxy) is 2. The van der Waals surface area contributed by atoms with Crippen molar-refractivity contribution in [2.75, 3.05) is 31.2 Å². The van der Waals surface area contributed by atoms with Gasteiger partial charge in [-0.25, -0.2) is 0 Å². The molecule has 0 spiro atoms. The number of benzene rings is 1. The van der Waals surface area contributed by atoms with E-state index in [4.69, 9.17) is 9.47 Å². The van der Waals surface area contributed by atoms with Gasteiger partial charge in [0.2, 0.25) is 0 Å². The highest BCUT2D eigenvalue weighted by Crippen LogP contribution is 2.34. The summed E-state index contributed by atoms with van der Waals surface area (Å²) in [5, 5.41) is 0. The number of rotatable bonds is 5. The maximum absolute atomic E-state index is 5.69. The first kappa shape index (κ1) is 12.1. The van der Waals surface area contributed by atoms with Crippen LogP contribution in [0.5, 0.6) is 11.5 Å². The number of hydrogen-bond donors (Lipinski definition) is 0. The van der Waals surface area contributed by atoms with Crippen molar-refractivity contribution in [2.45, 2.75) is 26.7 Å². The SMILES string of the molecule is CCOc1ccc(OCC)c(N2CCCC2)c1. The molecule has 0 unspecified atom stereocenters. The molecule has 0 amide bonds. The van der Waals surface area contributed by atoms with Crippen LogP contribution in [0, 0.1) is 0 Å². The molecule has 3 heteroatoms. The summed E-state index contributed by atoms with van der Waals surface area (Å²) in [5.41, 5.74) is 1.18. The van der Waals surface area contributed by atoms with Gasteiger partial charge in [-0.1, -0.05) is 0 Å². The Kier molecular flexibility index (Phi) is 4.13. The zero-order chi connectivity index (χ0) is 12.1. The van der Waals surface area contributed by atoms with Crippen molar-refractivity contribution >= 4 is 5.69 Å². The Balaban J connectivity index is 2.25. The number of hydrogen-bond acceptors (Lipinski definition) is 3. The van der Waals surface area contributed by atoms with Crippen LogP contribution in [0.4, 0.5) is 5.69 Å². The lowest BCUT2D eigenvalue weighted by molar-refractivity contribution is 0.331. The van der Waals surface area contributed by atoms with Crippen LogP contribution in [0.15, 0.2) is 18.2 Å². The van der Waals surface area contributed by atoms with Crippen LogP contribution in [0.25, 0.3) is 0 Å². The van der Waals surface area contributed by atoms with Gasteiger partial charge in [-0.15, -0.1) is 0 Å². The largest absolute Gasteiger partial charge is 0.494 e. The van der Waals surface area contributed by atoms with E-state index < -0.39 is 0 Å². The van der Waals surface area contributed by atoms with Crippen LogP contribution in [-0.4, -0.2) is 26.3 Å². The minimum absolute atomic E-state index is 0.702. The predicted octanol–water partition coefficient (Wildman–Crippen LogP) is 3.08.